The number of hydrogen-bond acceptors (Lipinski definition) is 5. The second-order valence-electron chi connectivity index (χ2n) is 6.34. The Kier molecular flexibility index (Phi) is 5.36. The number of thiophene rings is 1. The summed E-state index contributed by atoms with van der Waals surface area (Å²) in [6, 6.07) is 16.3. The molecule has 9 heteroatoms. The van der Waals surface area contributed by atoms with Crippen molar-refractivity contribution in [3.8, 4) is 16.4 Å². The van der Waals surface area contributed by atoms with Crippen LogP contribution in [-0.4, -0.2) is 26.6 Å². The van der Waals surface area contributed by atoms with Gasteiger partial charge in [0.25, 0.3) is 5.91 Å². The number of benzene rings is 2. The molecule has 4 rings (SSSR count). The molecule has 7 nitrogen and oxygen atoms in total. The molecule has 4 aromatic rings. The van der Waals surface area contributed by atoms with Crippen LogP contribution in [0.1, 0.15) is 17.5 Å². The third kappa shape index (κ3) is 4.26. The van der Waals surface area contributed by atoms with Crippen molar-refractivity contribution < 1.29 is 14.0 Å². The topological polar surface area (TPSA) is 88.9 Å². The predicted molar refractivity (Wildman–Crippen MR) is 113 cm³/mol. The highest BCUT2D eigenvalue weighted by Crippen LogP contribution is 2.26. The SMILES string of the molecule is CC(=O)Nc1ccc(NC(=O)c2nc(-c3cccs3)n(-c3cccc(F)c3)n2)cc1. The lowest BCUT2D eigenvalue weighted by Crippen LogP contribution is -2.14. The van der Waals surface area contributed by atoms with Crippen LogP contribution in [0.2, 0.25) is 0 Å². The molecule has 2 amide bonds. The average Bonchev–Trinajstić information content (AvgIpc) is 3.39. The highest BCUT2D eigenvalue weighted by molar-refractivity contribution is 7.13. The fourth-order valence-electron chi connectivity index (χ4n) is 2.79. The first-order valence-corrected chi connectivity index (χ1v) is 9.83. The predicted octanol–water partition coefficient (Wildman–Crippen LogP) is 4.35. The molecule has 0 aliphatic carbocycles. The Morgan fingerprint density at radius 3 is 2.37 bits per heavy atom. The van der Waals surface area contributed by atoms with Gasteiger partial charge in [-0.05, 0) is 53.9 Å². The Morgan fingerprint density at radius 1 is 1.00 bits per heavy atom. The monoisotopic (exact) mass is 421 g/mol. The molecule has 0 atom stereocenters. The zero-order valence-corrected chi connectivity index (χ0v) is 16.6. The Bertz CT molecular complexity index is 1200. The maximum atomic E-state index is 13.7. The fourth-order valence-corrected chi connectivity index (χ4v) is 3.49. The zero-order chi connectivity index (χ0) is 21.1. The minimum absolute atomic E-state index is 0.0476. The highest BCUT2D eigenvalue weighted by Gasteiger charge is 2.20. The molecule has 2 N–H and O–H groups in total. The first kappa shape index (κ1) is 19.5. The van der Waals surface area contributed by atoms with E-state index in [0.717, 1.165) is 4.88 Å². The van der Waals surface area contributed by atoms with Crippen molar-refractivity contribution in [2.75, 3.05) is 10.6 Å². The van der Waals surface area contributed by atoms with Gasteiger partial charge in [0.05, 0.1) is 10.6 Å². The molecular formula is C21H16FN5O2S. The number of hydrogen-bond donors (Lipinski definition) is 2. The van der Waals surface area contributed by atoms with E-state index in [0.29, 0.717) is 22.9 Å². The van der Waals surface area contributed by atoms with E-state index in [4.69, 9.17) is 0 Å². The van der Waals surface area contributed by atoms with Crippen molar-refractivity contribution >= 4 is 34.5 Å². The number of carbonyl (C=O) groups is 2. The van der Waals surface area contributed by atoms with Crippen LogP contribution in [0, 0.1) is 5.82 Å². The molecular weight excluding hydrogens is 405 g/mol. The van der Waals surface area contributed by atoms with Crippen LogP contribution in [0.25, 0.3) is 16.4 Å². The first-order valence-electron chi connectivity index (χ1n) is 8.95. The average molecular weight is 421 g/mol. The smallest absolute Gasteiger partial charge is 0.295 e. The first-order chi connectivity index (χ1) is 14.5. The summed E-state index contributed by atoms with van der Waals surface area (Å²) in [5.41, 5.74) is 1.60. The van der Waals surface area contributed by atoms with Crippen LogP contribution in [0.5, 0.6) is 0 Å². The fraction of sp³-hybridized carbons (Fsp3) is 0.0476. The molecule has 2 heterocycles. The van der Waals surface area contributed by atoms with E-state index in [9.17, 15) is 14.0 Å². The Morgan fingerprint density at radius 2 is 1.73 bits per heavy atom. The summed E-state index contributed by atoms with van der Waals surface area (Å²) in [7, 11) is 0. The summed E-state index contributed by atoms with van der Waals surface area (Å²) < 4.78 is 15.2. The summed E-state index contributed by atoms with van der Waals surface area (Å²) in [5.74, 6) is -0.698. The van der Waals surface area contributed by atoms with Crippen LogP contribution >= 0.6 is 11.3 Å². The van der Waals surface area contributed by atoms with Gasteiger partial charge in [-0.15, -0.1) is 16.4 Å². The molecule has 0 spiro atoms. The largest absolute Gasteiger partial charge is 0.326 e. The molecule has 0 fully saturated rings. The zero-order valence-electron chi connectivity index (χ0n) is 15.8. The van der Waals surface area contributed by atoms with Gasteiger partial charge in [-0.2, -0.15) is 0 Å². The number of halogens is 1. The lowest BCUT2D eigenvalue weighted by molar-refractivity contribution is -0.114. The van der Waals surface area contributed by atoms with E-state index in [1.165, 1.54) is 35.1 Å². The van der Waals surface area contributed by atoms with Gasteiger partial charge in [-0.1, -0.05) is 12.1 Å². The van der Waals surface area contributed by atoms with Gasteiger partial charge in [0, 0.05) is 18.3 Å². The van der Waals surface area contributed by atoms with Crippen LogP contribution in [0.3, 0.4) is 0 Å². The summed E-state index contributed by atoms with van der Waals surface area (Å²) >= 11 is 1.44. The molecule has 30 heavy (non-hydrogen) atoms. The van der Waals surface area contributed by atoms with E-state index in [1.807, 2.05) is 17.5 Å². The summed E-state index contributed by atoms with van der Waals surface area (Å²) in [5, 5.41) is 11.6. The number of rotatable bonds is 5. The minimum Gasteiger partial charge on any atom is -0.326 e. The van der Waals surface area contributed by atoms with E-state index >= 15 is 0 Å². The van der Waals surface area contributed by atoms with Crippen molar-refractivity contribution in [1.29, 1.82) is 0 Å². The lowest BCUT2D eigenvalue weighted by Gasteiger charge is -2.05. The van der Waals surface area contributed by atoms with Crippen molar-refractivity contribution in [2.45, 2.75) is 6.92 Å². The number of anilines is 2. The Hall–Kier alpha value is -3.85. The van der Waals surface area contributed by atoms with E-state index in [2.05, 4.69) is 20.7 Å². The Labute approximate surface area is 175 Å². The third-order valence-electron chi connectivity index (χ3n) is 4.07. The van der Waals surface area contributed by atoms with Gasteiger partial charge in [0.15, 0.2) is 5.82 Å². The molecule has 0 saturated carbocycles. The minimum atomic E-state index is -0.504. The number of aromatic nitrogens is 3. The van der Waals surface area contributed by atoms with Crippen LogP contribution in [0.4, 0.5) is 15.8 Å². The Balaban J connectivity index is 1.63. The van der Waals surface area contributed by atoms with E-state index in [-0.39, 0.29) is 11.7 Å². The summed E-state index contributed by atoms with van der Waals surface area (Å²) in [6.45, 7) is 1.42. The van der Waals surface area contributed by atoms with E-state index < -0.39 is 11.7 Å². The van der Waals surface area contributed by atoms with Gasteiger partial charge in [-0.3, -0.25) is 9.59 Å². The summed E-state index contributed by atoms with van der Waals surface area (Å²) in [4.78, 5) is 29.0. The van der Waals surface area contributed by atoms with Gasteiger partial charge >= 0.3 is 0 Å². The molecule has 0 saturated heterocycles. The normalized spacial score (nSPS) is 10.6. The van der Waals surface area contributed by atoms with Crippen molar-refractivity contribution in [3.05, 3.63) is 77.7 Å². The second kappa shape index (κ2) is 8.26. The third-order valence-corrected chi connectivity index (χ3v) is 4.93. The lowest BCUT2D eigenvalue weighted by atomic mass is 10.2. The highest BCUT2D eigenvalue weighted by atomic mass is 32.1. The number of nitrogens with zero attached hydrogens (tertiary/aromatic N) is 3. The molecule has 0 aliphatic rings. The van der Waals surface area contributed by atoms with Crippen LogP contribution in [0.15, 0.2) is 66.0 Å². The molecule has 0 unspecified atom stereocenters. The molecule has 0 radical (unpaired) electrons. The number of carbonyl (C=O) groups excluding carboxylic acids is 2. The maximum absolute atomic E-state index is 13.7. The van der Waals surface area contributed by atoms with Crippen LogP contribution in [-0.2, 0) is 4.79 Å². The molecule has 150 valence electrons. The van der Waals surface area contributed by atoms with E-state index in [1.54, 1.807) is 36.4 Å². The molecule has 2 aromatic heterocycles. The van der Waals surface area contributed by atoms with Gasteiger partial charge < -0.3 is 10.6 Å². The molecule has 2 aromatic carbocycles. The van der Waals surface area contributed by atoms with Gasteiger partial charge in [0.1, 0.15) is 5.82 Å². The van der Waals surface area contributed by atoms with Gasteiger partial charge in [0.2, 0.25) is 11.7 Å². The quantitative estimate of drug-likeness (QED) is 0.502. The van der Waals surface area contributed by atoms with Crippen molar-refractivity contribution in [1.82, 2.24) is 14.8 Å². The van der Waals surface area contributed by atoms with Crippen molar-refractivity contribution in [3.63, 3.8) is 0 Å². The van der Waals surface area contributed by atoms with Crippen molar-refractivity contribution in [2.24, 2.45) is 0 Å². The molecule has 0 bridgehead atoms. The standard InChI is InChI=1S/C21H16FN5O2S/c1-13(28)23-15-7-9-16(10-8-15)24-21(29)19-25-20(18-6-3-11-30-18)27(26-19)17-5-2-4-14(22)12-17/h2-12H,1H3,(H,23,28)(H,24,29). The molecule has 0 aliphatic heterocycles. The summed E-state index contributed by atoms with van der Waals surface area (Å²) in [6.07, 6.45) is 0. The number of amides is 2. The second-order valence-corrected chi connectivity index (χ2v) is 7.29. The number of nitrogens with one attached hydrogen (secondary N) is 2. The van der Waals surface area contributed by atoms with Crippen LogP contribution < -0.4 is 10.6 Å². The maximum Gasteiger partial charge on any atom is 0.295 e. The van der Waals surface area contributed by atoms with Gasteiger partial charge in [-0.25, -0.2) is 14.1 Å².